The van der Waals surface area contributed by atoms with Crippen molar-refractivity contribution < 1.29 is 25.2 Å². The highest BCUT2D eigenvalue weighted by molar-refractivity contribution is 5.80. The minimum atomic E-state index is -1.28. The van der Waals surface area contributed by atoms with Crippen LogP contribution in [0.1, 0.15) is 290 Å². The molecule has 4 unspecified atom stereocenters. The number of unbranched alkanes of at least 4 members (excludes halogenated alkanes) is 38. The Bertz CT molecular complexity index is 852. The molecule has 0 aliphatic rings. The van der Waals surface area contributed by atoms with Crippen molar-refractivity contribution in [2.24, 2.45) is 0 Å². The van der Waals surface area contributed by atoms with E-state index in [1.54, 1.807) is 0 Å². The summed E-state index contributed by atoms with van der Waals surface area (Å²) >= 11 is 0. The first-order valence-electron chi connectivity index (χ1n) is 26.6. The van der Waals surface area contributed by atoms with Crippen LogP contribution in [0.3, 0.4) is 0 Å². The van der Waals surface area contributed by atoms with E-state index in [9.17, 15) is 25.2 Å². The van der Waals surface area contributed by atoms with E-state index in [1.807, 2.05) is 0 Å². The van der Waals surface area contributed by atoms with Gasteiger partial charge in [-0.3, -0.25) is 4.79 Å². The summed E-state index contributed by atoms with van der Waals surface area (Å²) < 4.78 is 0. The second-order valence-electron chi connectivity index (χ2n) is 18.6. The van der Waals surface area contributed by atoms with Gasteiger partial charge in [0.05, 0.1) is 18.8 Å². The number of hydrogen-bond acceptors (Lipinski definition) is 5. The number of amides is 1. The number of allylic oxidation sites excluding steroid dienone is 2. The van der Waals surface area contributed by atoms with Crippen molar-refractivity contribution in [3.8, 4) is 0 Å². The molecule has 6 heteroatoms. The SMILES string of the molecule is CCCCCCCCCCCCCCCCCC/C=C/CCCC(O)C(O)C(CO)NC(=O)C(O)CCCCCCCCCCCCCCCCCCCCCCCC. The van der Waals surface area contributed by atoms with Crippen molar-refractivity contribution in [2.45, 2.75) is 314 Å². The second-order valence-corrected chi connectivity index (χ2v) is 18.6. The average Bonchev–Trinajstić information content (AvgIpc) is 3.24. The predicted octanol–water partition coefficient (Wildman–Crippen LogP) is 14.9. The molecular formula is C53H105NO5. The first-order chi connectivity index (χ1) is 29.0. The lowest BCUT2D eigenvalue weighted by molar-refractivity contribution is -0.132. The van der Waals surface area contributed by atoms with Crippen LogP contribution in [0.4, 0.5) is 0 Å². The molecule has 0 aromatic carbocycles. The summed E-state index contributed by atoms with van der Waals surface area (Å²) in [5.74, 6) is -0.587. The van der Waals surface area contributed by atoms with Crippen LogP contribution in [-0.4, -0.2) is 57.3 Å². The fourth-order valence-electron chi connectivity index (χ4n) is 8.53. The van der Waals surface area contributed by atoms with Gasteiger partial charge in [-0.15, -0.1) is 0 Å². The van der Waals surface area contributed by atoms with Gasteiger partial charge in [0, 0.05) is 0 Å². The molecule has 352 valence electrons. The molecule has 0 heterocycles. The molecule has 1 amide bonds. The van der Waals surface area contributed by atoms with Crippen LogP contribution in [0, 0.1) is 0 Å². The molecule has 5 N–H and O–H groups in total. The third-order valence-electron chi connectivity index (χ3n) is 12.7. The zero-order valence-corrected chi connectivity index (χ0v) is 39.8. The van der Waals surface area contributed by atoms with E-state index in [0.29, 0.717) is 12.8 Å². The van der Waals surface area contributed by atoms with Crippen LogP contribution in [-0.2, 0) is 4.79 Å². The maximum Gasteiger partial charge on any atom is 0.249 e. The Morgan fingerprint density at radius 2 is 0.695 bits per heavy atom. The van der Waals surface area contributed by atoms with E-state index in [0.717, 1.165) is 38.5 Å². The standard InChI is InChI=1S/C53H105NO5/c1-3-5-7-9-11-13-15-17-19-21-23-25-27-29-31-33-35-37-39-41-43-45-47-51(57)53(59)54-49(48-55)52(58)50(56)46-44-42-40-38-36-34-32-30-28-26-24-22-20-18-16-14-12-10-8-6-4-2/h38,40,49-52,55-58H,3-37,39,41-48H2,1-2H3,(H,54,59)/b40-38+. The van der Waals surface area contributed by atoms with E-state index < -0.39 is 36.9 Å². The van der Waals surface area contributed by atoms with E-state index in [-0.39, 0.29) is 0 Å². The Morgan fingerprint density at radius 1 is 0.407 bits per heavy atom. The molecular weight excluding hydrogens is 731 g/mol. The number of carbonyl (C=O) groups is 1. The highest BCUT2D eigenvalue weighted by atomic mass is 16.3. The van der Waals surface area contributed by atoms with Gasteiger partial charge in [0.15, 0.2) is 0 Å². The normalized spacial score (nSPS) is 13.9. The average molecular weight is 836 g/mol. The first-order valence-corrected chi connectivity index (χ1v) is 26.6. The largest absolute Gasteiger partial charge is 0.394 e. The maximum absolute atomic E-state index is 12.6. The third-order valence-corrected chi connectivity index (χ3v) is 12.7. The minimum absolute atomic E-state index is 0.369. The number of nitrogens with one attached hydrogen (secondary N) is 1. The van der Waals surface area contributed by atoms with Gasteiger partial charge in [-0.1, -0.05) is 264 Å². The summed E-state index contributed by atoms with van der Waals surface area (Å²) in [7, 11) is 0. The van der Waals surface area contributed by atoms with Crippen molar-refractivity contribution in [1.29, 1.82) is 0 Å². The molecule has 0 rings (SSSR count). The van der Waals surface area contributed by atoms with Gasteiger partial charge in [0.2, 0.25) is 5.91 Å². The quantitative estimate of drug-likeness (QED) is 0.0310. The minimum Gasteiger partial charge on any atom is -0.394 e. The van der Waals surface area contributed by atoms with Crippen LogP contribution in [0.5, 0.6) is 0 Å². The van der Waals surface area contributed by atoms with E-state index in [2.05, 4.69) is 31.3 Å². The van der Waals surface area contributed by atoms with E-state index in [4.69, 9.17) is 0 Å². The number of carbonyl (C=O) groups excluding carboxylic acids is 1. The van der Waals surface area contributed by atoms with Crippen LogP contribution in [0.2, 0.25) is 0 Å². The molecule has 0 saturated heterocycles. The fraction of sp³-hybridized carbons (Fsp3) is 0.943. The Kier molecular flexibility index (Phi) is 47.3. The third kappa shape index (κ3) is 42.1. The number of rotatable bonds is 49. The molecule has 0 bridgehead atoms. The molecule has 59 heavy (non-hydrogen) atoms. The monoisotopic (exact) mass is 836 g/mol. The Balaban J connectivity index is 3.66. The maximum atomic E-state index is 12.6. The van der Waals surface area contributed by atoms with Crippen molar-refractivity contribution >= 4 is 5.91 Å². The van der Waals surface area contributed by atoms with Crippen LogP contribution < -0.4 is 5.32 Å². The zero-order chi connectivity index (χ0) is 43.1. The number of aliphatic hydroxyl groups is 4. The molecule has 0 aromatic rings. The number of hydrogen-bond donors (Lipinski definition) is 5. The van der Waals surface area contributed by atoms with Crippen molar-refractivity contribution in [2.75, 3.05) is 6.61 Å². The van der Waals surface area contributed by atoms with Gasteiger partial charge in [-0.25, -0.2) is 0 Å². The van der Waals surface area contributed by atoms with Crippen molar-refractivity contribution in [1.82, 2.24) is 5.32 Å². The van der Waals surface area contributed by atoms with Gasteiger partial charge < -0.3 is 25.7 Å². The van der Waals surface area contributed by atoms with Gasteiger partial charge >= 0.3 is 0 Å². The molecule has 0 fully saturated rings. The van der Waals surface area contributed by atoms with Gasteiger partial charge in [0.1, 0.15) is 12.2 Å². The molecule has 0 radical (unpaired) electrons. The summed E-state index contributed by atoms with van der Waals surface area (Å²) in [4.78, 5) is 12.6. The van der Waals surface area contributed by atoms with E-state index >= 15 is 0 Å². The van der Waals surface area contributed by atoms with Gasteiger partial charge in [0.25, 0.3) is 0 Å². The predicted molar refractivity (Wildman–Crippen MR) is 256 cm³/mol. The van der Waals surface area contributed by atoms with Gasteiger partial charge in [-0.2, -0.15) is 0 Å². The molecule has 0 aliphatic carbocycles. The summed E-state index contributed by atoms with van der Waals surface area (Å²) in [6.07, 6.45) is 55.5. The topological polar surface area (TPSA) is 110 Å². The van der Waals surface area contributed by atoms with Crippen molar-refractivity contribution in [3.05, 3.63) is 12.2 Å². The number of aliphatic hydroxyl groups excluding tert-OH is 4. The second kappa shape index (κ2) is 48.1. The van der Waals surface area contributed by atoms with E-state index in [1.165, 1.54) is 225 Å². The first kappa shape index (κ1) is 58.0. The Hall–Kier alpha value is -0.950. The summed E-state index contributed by atoms with van der Waals surface area (Å²) in [5.41, 5.74) is 0. The zero-order valence-electron chi connectivity index (χ0n) is 39.8. The summed E-state index contributed by atoms with van der Waals surface area (Å²) in [5, 5.41) is 43.9. The Labute approximate surface area is 368 Å². The highest BCUT2D eigenvalue weighted by Crippen LogP contribution is 2.18. The lowest BCUT2D eigenvalue weighted by atomic mass is 10.00. The van der Waals surface area contributed by atoms with Crippen LogP contribution >= 0.6 is 0 Å². The van der Waals surface area contributed by atoms with Crippen LogP contribution in [0.25, 0.3) is 0 Å². The molecule has 0 saturated carbocycles. The summed E-state index contributed by atoms with van der Waals surface area (Å²) in [6.45, 7) is 4.08. The highest BCUT2D eigenvalue weighted by Gasteiger charge is 2.28. The van der Waals surface area contributed by atoms with Crippen molar-refractivity contribution in [3.63, 3.8) is 0 Å². The molecule has 4 atom stereocenters. The molecule has 6 nitrogen and oxygen atoms in total. The molecule has 0 spiro atoms. The smallest absolute Gasteiger partial charge is 0.249 e. The Morgan fingerprint density at radius 3 is 1.02 bits per heavy atom. The lowest BCUT2D eigenvalue weighted by Crippen LogP contribution is -2.53. The van der Waals surface area contributed by atoms with Crippen LogP contribution in [0.15, 0.2) is 12.2 Å². The lowest BCUT2D eigenvalue weighted by Gasteiger charge is -2.27. The van der Waals surface area contributed by atoms with Gasteiger partial charge in [-0.05, 0) is 38.5 Å². The molecule has 0 aromatic heterocycles. The fourth-order valence-corrected chi connectivity index (χ4v) is 8.53. The molecule has 0 aliphatic heterocycles. The summed E-state index contributed by atoms with van der Waals surface area (Å²) in [6, 6.07) is -0.998.